The van der Waals surface area contributed by atoms with Crippen LogP contribution in [0.1, 0.15) is 25.7 Å². The first kappa shape index (κ1) is 11.5. The largest absolute Gasteiger partial charge is 0.481 e. The molecule has 0 aliphatic carbocycles. The molecular formula is C10H19NO3. The Bertz CT molecular complexity index is 184. The molecule has 14 heavy (non-hydrogen) atoms. The van der Waals surface area contributed by atoms with Crippen molar-refractivity contribution in [1.29, 1.82) is 0 Å². The number of rotatable bonds is 6. The maximum Gasteiger partial charge on any atom is 0.303 e. The summed E-state index contributed by atoms with van der Waals surface area (Å²) in [5.74, 6) is -0.0964. The van der Waals surface area contributed by atoms with Crippen molar-refractivity contribution in [2.75, 3.05) is 26.2 Å². The number of nitrogens with zero attached hydrogens (tertiary/aromatic N) is 1. The van der Waals surface area contributed by atoms with Gasteiger partial charge in [-0.1, -0.05) is 0 Å². The van der Waals surface area contributed by atoms with Gasteiger partial charge in [-0.25, -0.2) is 0 Å². The standard InChI is InChI=1S/C10H19NO3/c12-7-4-9-3-6-11(8-9)5-1-2-10(13)14/h9,12H,1-8H2,(H,13,14). The highest BCUT2D eigenvalue weighted by molar-refractivity contribution is 5.66. The molecule has 0 radical (unpaired) electrons. The van der Waals surface area contributed by atoms with E-state index >= 15 is 0 Å². The van der Waals surface area contributed by atoms with Gasteiger partial charge in [0.15, 0.2) is 0 Å². The van der Waals surface area contributed by atoms with Crippen LogP contribution in [0.15, 0.2) is 0 Å². The lowest BCUT2D eigenvalue weighted by Gasteiger charge is -2.14. The Morgan fingerprint density at radius 3 is 2.93 bits per heavy atom. The molecule has 1 rings (SSSR count). The smallest absolute Gasteiger partial charge is 0.303 e. The monoisotopic (exact) mass is 201 g/mol. The second kappa shape index (κ2) is 5.98. The van der Waals surface area contributed by atoms with Gasteiger partial charge in [0.1, 0.15) is 0 Å². The van der Waals surface area contributed by atoms with Crippen LogP contribution < -0.4 is 0 Å². The Balaban J connectivity index is 2.07. The van der Waals surface area contributed by atoms with Crippen LogP contribution >= 0.6 is 0 Å². The minimum Gasteiger partial charge on any atom is -0.481 e. The molecule has 0 aromatic heterocycles. The van der Waals surface area contributed by atoms with Crippen molar-refractivity contribution in [1.82, 2.24) is 4.90 Å². The lowest BCUT2D eigenvalue weighted by Crippen LogP contribution is -2.22. The van der Waals surface area contributed by atoms with Crippen LogP contribution in [0.3, 0.4) is 0 Å². The van der Waals surface area contributed by atoms with Gasteiger partial charge in [0.2, 0.25) is 0 Å². The summed E-state index contributed by atoms with van der Waals surface area (Å²) in [5.41, 5.74) is 0. The fourth-order valence-electron chi connectivity index (χ4n) is 1.99. The van der Waals surface area contributed by atoms with Crippen LogP contribution in [0.4, 0.5) is 0 Å². The zero-order valence-electron chi connectivity index (χ0n) is 8.48. The van der Waals surface area contributed by atoms with E-state index in [4.69, 9.17) is 10.2 Å². The topological polar surface area (TPSA) is 60.8 Å². The summed E-state index contributed by atoms with van der Waals surface area (Å²) >= 11 is 0. The molecule has 1 fully saturated rings. The van der Waals surface area contributed by atoms with Gasteiger partial charge < -0.3 is 15.1 Å². The third-order valence-electron chi connectivity index (χ3n) is 2.77. The van der Waals surface area contributed by atoms with Crippen molar-refractivity contribution < 1.29 is 15.0 Å². The Morgan fingerprint density at radius 2 is 2.29 bits per heavy atom. The molecule has 1 unspecified atom stereocenters. The van der Waals surface area contributed by atoms with Crippen LogP contribution in [0.25, 0.3) is 0 Å². The molecule has 2 N–H and O–H groups in total. The highest BCUT2D eigenvalue weighted by Gasteiger charge is 2.21. The van der Waals surface area contributed by atoms with Crippen molar-refractivity contribution >= 4 is 5.97 Å². The molecule has 0 spiro atoms. The Labute approximate surface area is 84.5 Å². The van der Waals surface area contributed by atoms with Crippen LogP contribution in [-0.4, -0.2) is 47.3 Å². The van der Waals surface area contributed by atoms with Crippen molar-refractivity contribution in [2.45, 2.75) is 25.7 Å². The predicted octanol–water partition coefficient (Wildman–Crippen LogP) is 0.556. The molecule has 1 aliphatic heterocycles. The first-order chi connectivity index (χ1) is 6.72. The number of carboxylic acids is 1. The molecule has 1 saturated heterocycles. The van der Waals surface area contributed by atoms with Crippen LogP contribution in [0, 0.1) is 5.92 Å². The number of carboxylic acid groups (broad SMARTS) is 1. The van der Waals surface area contributed by atoms with E-state index in [0.717, 1.165) is 38.9 Å². The average molecular weight is 201 g/mol. The van der Waals surface area contributed by atoms with Crippen molar-refractivity contribution in [3.05, 3.63) is 0 Å². The van der Waals surface area contributed by atoms with Crippen molar-refractivity contribution in [2.24, 2.45) is 5.92 Å². The van der Waals surface area contributed by atoms with Crippen LogP contribution in [-0.2, 0) is 4.79 Å². The third-order valence-corrected chi connectivity index (χ3v) is 2.77. The van der Waals surface area contributed by atoms with E-state index in [1.807, 2.05) is 0 Å². The summed E-state index contributed by atoms with van der Waals surface area (Å²) in [6, 6.07) is 0. The molecule has 1 atom stereocenters. The molecule has 0 bridgehead atoms. The number of hydrogen-bond donors (Lipinski definition) is 2. The molecular weight excluding hydrogens is 182 g/mol. The lowest BCUT2D eigenvalue weighted by atomic mass is 10.1. The Hall–Kier alpha value is -0.610. The third kappa shape index (κ3) is 4.07. The zero-order chi connectivity index (χ0) is 10.4. The van der Waals surface area contributed by atoms with Gasteiger partial charge >= 0.3 is 5.97 Å². The molecule has 4 nitrogen and oxygen atoms in total. The van der Waals surface area contributed by atoms with Crippen molar-refractivity contribution in [3.8, 4) is 0 Å². The van der Waals surface area contributed by atoms with E-state index in [9.17, 15) is 4.79 Å². The van der Waals surface area contributed by atoms with E-state index in [0.29, 0.717) is 5.92 Å². The summed E-state index contributed by atoms with van der Waals surface area (Å²) < 4.78 is 0. The SMILES string of the molecule is O=C(O)CCCN1CCC(CCO)C1. The summed E-state index contributed by atoms with van der Waals surface area (Å²) in [7, 11) is 0. The minimum atomic E-state index is -0.712. The number of carbonyl (C=O) groups is 1. The van der Waals surface area contributed by atoms with Gasteiger partial charge in [0.25, 0.3) is 0 Å². The minimum absolute atomic E-state index is 0.265. The van der Waals surface area contributed by atoms with Gasteiger partial charge in [0.05, 0.1) is 0 Å². The van der Waals surface area contributed by atoms with E-state index in [1.165, 1.54) is 0 Å². The molecule has 4 heteroatoms. The number of hydrogen-bond acceptors (Lipinski definition) is 3. The summed E-state index contributed by atoms with van der Waals surface area (Å²) in [6.07, 6.45) is 3.03. The molecule has 0 amide bonds. The quantitative estimate of drug-likeness (QED) is 0.659. The van der Waals surface area contributed by atoms with Gasteiger partial charge in [-0.05, 0) is 38.3 Å². The molecule has 82 valence electrons. The highest BCUT2D eigenvalue weighted by atomic mass is 16.4. The highest BCUT2D eigenvalue weighted by Crippen LogP contribution is 2.19. The van der Waals surface area contributed by atoms with Gasteiger partial charge in [-0.15, -0.1) is 0 Å². The fourth-order valence-corrected chi connectivity index (χ4v) is 1.99. The second-order valence-electron chi connectivity index (χ2n) is 3.96. The number of aliphatic hydroxyl groups is 1. The van der Waals surface area contributed by atoms with E-state index in [2.05, 4.69) is 4.90 Å². The predicted molar refractivity (Wildman–Crippen MR) is 53.1 cm³/mol. The van der Waals surface area contributed by atoms with Crippen molar-refractivity contribution in [3.63, 3.8) is 0 Å². The summed E-state index contributed by atoms with van der Waals surface area (Å²) in [6.45, 7) is 3.24. The lowest BCUT2D eigenvalue weighted by molar-refractivity contribution is -0.137. The van der Waals surface area contributed by atoms with Crippen LogP contribution in [0.2, 0.25) is 0 Å². The maximum absolute atomic E-state index is 10.3. The first-order valence-electron chi connectivity index (χ1n) is 5.27. The Kier molecular flexibility index (Phi) is 4.90. The summed E-state index contributed by atoms with van der Waals surface area (Å²) in [5, 5.41) is 17.2. The number of aliphatic carboxylic acids is 1. The molecule has 0 saturated carbocycles. The normalized spacial score (nSPS) is 22.8. The van der Waals surface area contributed by atoms with Gasteiger partial charge in [0, 0.05) is 19.6 Å². The number of likely N-dealkylation sites (tertiary alicyclic amines) is 1. The Morgan fingerprint density at radius 1 is 1.50 bits per heavy atom. The van der Waals surface area contributed by atoms with E-state index in [1.54, 1.807) is 0 Å². The van der Waals surface area contributed by atoms with Gasteiger partial charge in [-0.3, -0.25) is 4.79 Å². The molecule has 1 aliphatic rings. The summed E-state index contributed by atoms with van der Waals surface area (Å²) in [4.78, 5) is 12.6. The van der Waals surface area contributed by atoms with E-state index in [-0.39, 0.29) is 13.0 Å². The number of aliphatic hydroxyl groups excluding tert-OH is 1. The van der Waals surface area contributed by atoms with Gasteiger partial charge in [-0.2, -0.15) is 0 Å². The molecule has 0 aromatic rings. The second-order valence-corrected chi connectivity index (χ2v) is 3.96. The zero-order valence-corrected chi connectivity index (χ0v) is 8.48. The molecule has 0 aromatic carbocycles. The van der Waals surface area contributed by atoms with Crippen LogP contribution in [0.5, 0.6) is 0 Å². The maximum atomic E-state index is 10.3. The molecule has 1 heterocycles. The fraction of sp³-hybridized carbons (Fsp3) is 0.900. The van der Waals surface area contributed by atoms with E-state index < -0.39 is 5.97 Å². The first-order valence-corrected chi connectivity index (χ1v) is 5.27. The average Bonchev–Trinajstić information content (AvgIpc) is 2.53.